The van der Waals surface area contributed by atoms with E-state index in [0.29, 0.717) is 0 Å². The van der Waals surface area contributed by atoms with Crippen LogP contribution in [0.3, 0.4) is 0 Å². The topological polar surface area (TPSA) is 23.6 Å². The van der Waals surface area contributed by atoms with Crippen LogP contribution in [0.4, 0.5) is 0 Å². The maximum Gasteiger partial charge on any atom is 0.218 e. The molecule has 1 fully saturated rings. The molecule has 1 aliphatic rings. The van der Waals surface area contributed by atoms with E-state index in [-0.39, 0.29) is 5.91 Å². The van der Waals surface area contributed by atoms with Gasteiger partial charge in [0, 0.05) is 21.0 Å². The average Bonchev–Trinajstić information content (AvgIpc) is 2.60. The molecule has 0 aromatic heterocycles. The SMILES string of the molecule is CC.CC(=O)N(C)C.CN1CCCC1. The molecule has 3 heteroatoms. The van der Waals surface area contributed by atoms with Gasteiger partial charge >= 0.3 is 0 Å². The first-order valence-corrected chi connectivity index (χ1v) is 5.40. The minimum absolute atomic E-state index is 0.0926. The van der Waals surface area contributed by atoms with Crippen LogP contribution in [0.25, 0.3) is 0 Å². The molecule has 1 amide bonds. The lowest BCUT2D eigenvalue weighted by molar-refractivity contribution is -0.126. The number of rotatable bonds is 0. The summed E-state index contributed by atoms with van der Waals surface area (Å²) in [7, 11) is 5.62. The van der Waals surface area contributed by atoms with Crippen molar-refractivity contribution in [2.45, 2.75) is 33.6 Å². The van der Waals surface area contributed by atoms with Crippen molar-refractivity contribution in [2.24, 2.45) is 0 Å². The Hall–Kier alpha value is -0.570. The van der Waals surface area contributed by atoms with E-state index in [9.17, 15) is 4.79 Å². The zero-order chi connectivity index (χ0) is 11.6. The van der Waals surface area contributed by atoms with E-state index in [2.05, 4.69) is 11.9 Å². The van der Waals surface area contributed by atoms with E-state index < -0.39 is 0 Å². The molecular formula is C11H26N2O. The largest absolute Gasteiger partial charge is 0.349 e. The Labute approximate surface area is 89.1 Å². The molecule has 0 aromatic rings. The van der Waals surface area contributed by atoms with Gasteiger partial charge in [-0.2, -0.15) is 0 Å². The van der Waals surface area contributed by atoms with E-state index >= 15 is 0 Å². The second-order valence-corrected chi connectivity index (χ2v) is 3.42. The van der Waals surface area contributed by atoms with Crippen LogP contribution >= 0.6 is 0 Å². The van der Waals surface area contributed by atoms with E-state index in [4.69, 9.17) is 0 Å². The Morgan fingerprint density at radius 1 is 1.14 bits per heavy atom. The molecule has 0 saturated carbocycles. The van der Waals surface area contributed by atoms with Gasteiger partial charge in [0.1, 0.15) is 0 Å². The summed E-state index contributed by atoms with van der Waals surface area (Å²) < 4.78 is 0. The van der Waals surface area contributed by atoms with E-state index in [1.165, 1.54) is 37.8 Å². The molecule has 0 radical (unpaired) electrons. The van der Waals surface area contributed by atoms with Crippen LogP contribution in [0.1, 0.15) is 33.6 Å². The van der Waals surface area contributed by atoms with Crippen LogP contribution < -0.4 is 0 Å². The van der Waals surface area contributed by atoms with Gasteiger partial charge in [0.2, 0.25) is 5.91 Å². The standard InChI is InChI=1S/C5H11N.C4H9NO.C2H6/c1-6-4-2-3-5-6;1-4(6)5(2)3;1-2/h2-5H2,1H3;1-3H3;1-2H3. The molecule has 1 aliphatic heterocycles. The van der Waals surface area contributed by atoms with Crippen LogP contribution in [-0.4, -0.2) is 49.9 Å². The molecule has 86 valence electrons. The summed E-state index contributed by atoms with van der Waals surface area (Å²) in [6, 6.07) is 0. The third-order valence-electron chi connectivity index (χ3n) is 1.96. The maximum absolute atomic E-state index is 10.1. The van der Waals surface area contributed by atoms with Crippen molar-refractivity contribution in [3.8, 4) is 0 Å². The summed E-state index contributed by atoms with van der Waals surface area (Å²) in [5, 5.41) is 0. The highest BCUT2D eigenvalue weighted by molar-refractivity contribution is 5.72. The summed E-state index contributed by atoms with van der Waals surface area (Å²) in [4.78, 5) is 14.0. The Kier molecular flexibility index (Phi) is 11.9. The fraction of sp³-hybridized carbons (Fsp3) is 0.909. The normalized spacial score (nSPS) is 14.7. The van der Waals surface area contributed by atoms with Crippen molar-refractivity contribution in [3.05, 3.63) is 0 Å². The zero-order valence-electron chi connectivity index (χ0n) is 10.6. The summed E-state index contributed by atoms with van der Waals surface area (Å²) in [6.07, 6.45) is 2.83. The Bertz CT molecular complexity index is 129. The van der Waals surface area contributed by atoms with Gasteiger partial charge in [0.15, 0.2) is 0 Å². The molecule has 1 rings (SSSR count). The molecule has 1 saturated heterocycles. The van der Waals surface area contributed by atoms with Gasteiger partial charge in [0.25, 0.3) is 0 Å². The molecule has 3 nitrogen and oxygen atoms in total. The highest BCUT2D eigenvalue weighted by Gasteiger charge is 2.03. The summed E-state index contributed by atoms with van der Waals surface area (Å²) in [6.45, 7) is 8.17. The number of hydrogen-bond acceptors (Lipinski definition) is 2. The quantitative estimate of drug-likeness (QED) is 0.598. The first-order chi connectivity index (χ1) is 6.54. The summed E-state index contributed by atoms with van der Waals surface area (Å²) in [5.74, 6) is 0.0926. The van der Waals surface area contributed by atoms with Crippen molar-refractivity contribution in [1.82, 2.24) is 9.80 Å². The monoisotopic (exact) mass is 202 g/mol. The van der Waals surface area contributed by atoms with E-state index in [0.717, 1.165) is 0 Å². The number of carbonyl (C=O) groups excluding carboxylic acids is 1. The Morgan fingerprint density at radius 2 is 1.43 bits per heavy atom. The van der Waals surface area contributed by atoms with Crippen LogP contribution in [0.5, 0.6) is 0 Å². The lowest BCUT2D eigenvalue weighted by atomic mass is 10.4. The molecule has 0 spiro atoms. The lowest BCUT2D eigenvalue weighted by Crippen LogP contribution is -2.17. The zero-order valence-corrected chi connectivity index (χ0v) is 10.6. The van der Waals surface area contributed by atoms with Gasteiger partial charge < -0.3 is 9.80 Å². The third kappa shape index (κ3) is 11.4. The highest BCUT2D eigenvalue weighted by Crippen LogP contribution is 2.02. The minimum Gasteiger partial charge on any atom is -0.349 e. The lowest BCUT2D eigenvalue weighted by Gasteiger charge is -2.02. The van der Waals surface area contributed by atoms with Crippen LogP contribution in [0.15, 0.2) is 0 Å². The second kappa shape index (κ2) is 10.5. The van der Waals surface area contributed by atoms with Crippen molar-refractivity contribution >= 4 is 5.91 Å². The van der Waals surface area contributed by atoms with Gasteiger partial charge in [0.05, 0.1) is 0 Å². The number of likely N-dealkylation sites (tertiary alicyclic amines) is 1. The van der Waals surface area contributed by atoms with Crippen LogP contribution in [0.2, 0.25) is 0 Å². The van der Waals surface area contributed by atoms with Crippen molar-refractivity contribution in [1.29, 1.82) is 0 Å². The van der Waals surface area contributed by atoms with Gasteiger partial charge in [-0.1, -0.05) is 13.8 Å². The molecule has 0 bridgehead atoms. The van der Waals surface area contributed by atoms with Crippen molar-refractivity contribution < 1.29 is 4.79 Å². The molecular weight excluding hydrogens is 176 g/mol. The Balaban J connectivity index is 0. The molecule has 0 aliphatic carbocycles. The smallest absolute Gasteiger partial charge is 0.218 e. The highest BCUT2D eigenvalue weighted by atomic mass is 16.2. The van der Waals surface area contributed by atoms with Crippen molar-refractivity contribution in [3.63, 3.8) is 0 Å². The molecule has 0 atom stereocenters. The number of nitrogens with zero attached hydrogens (tertiary/aromatic N) is 2. The first kappa shape index (κ1) is 15.9. The average molecular weight is 202 g/mol. The Morgan fingerprint density at radius 3 is 1.50 bits per heavy atom. The maximum atomic E-state index is 10.1. The number of amides is 1. The van der Waals surface area contributed by atoms with Gasteiger partial charge in [-0.3, -0.25) is 4.79 Å². The molecule has 14 heavy (non-hydrogen) atoms. The minimum atomic E-state index is 0.0926. The first-order valence-electron chi connectivity index (χ1n) is 5.40. The van der Waals surface area contributed by atoms with Crippen LogP contribution in [0, 0.1) is 0 Å². The van der Waals surface area contributed by atoms with Gasteiger partial charge in [-0.15, -0.1) is 0 Å². The van der Waals surface area contributed by atoms with Gasteiger partial charge in [-0.25, -0.2) is 0 Å². The molecule has 1 heterocycles. The summed E-state index contributed by atoms with van der Waals surface area (Å²) in [5.41, 5.74) is 0. The molecule has 0 aromatic carbocycles. The molecule has 0 N–H and O–H groups in total. The third-order valence-corrected chi connectivity index (χ3v) is 1.96. The van der Waals surface area contributed by atoms with E-state index in [1.54, 1.807) is 14.1 Å². The number of hydrogen-bond donors (Lipinski definition) is 0. The number of carbonyl (C=O) groups is 1. The fourth-order valence-electron chi connectivity index (χ4n) is 0.875. The van der Waals surface area contributed by atoms with E-state index in [1.807, 2.05) is 13.8 Å². The van der Waals surface area contributed by atoms with Crippen molar-refractivity contribution in [2.75, 3.05) is 34.2 Å². The fourth-order valence-corrected chi connectivity index (χ4v) is 0.875. The van der Waals surface area contributed by atoms with Gasteiger partial charge in [-0.05, 0) is 33.0 Å². The predicted molar refractivity (Wildman–Crippen MR) is 62.4 cm³/mol. The molecule has 0 unspecified atom stereocenters. The van der Waals surface area contributed by atoms with Crippen LogP contribution in [-0.2, 0) is 4.79 Å². The second-order valence-electron chi connectivity index (χ2n) is 3.42. The predicted octanol–water partition coefficient (Wildman–Crippen LogP) is 1.83. The summed E-state index contributed by atoms with van der Waals surface area (Å²) >= 11 is 0.